The number of hydrogen-bond donors (Lipinski definition) is 0. The fourth-order valence-electron chi connectivity index (χ4n) is 4.11. The maximum atomic E-state index is 13.2. The first-order valence-electron chi connectivity index (χ1n) is 10.4. The molecule has 1 aromatic heterocycles. The number of ether oxygens (including phenoxy) is 2. The first-order valence-corrected chi connectivity index (χ1v) is 11.2. The van der Waals surface area contributed by atoms with Gasteiger partial charge in [0.2, 0.25) is 5.43 Å². The summed E-state index contributed by atoms with van der Waals surface area (Å²) < 4.78 is 18.4. The van der Waals surface area contributed by atoms with Crippen molar-refractivity contribution in [3.8, 4) is 22.6 Å². The van der Waals surface area contributed by atoms with Crippen LogP contribution >= 0.6 is 15.9 Å². The molecule has 0 saturated heterocycles. The molecule has 5 nitrogen and oxygen atoms in total. The molecule has 4 aromatic rings. The number of methoxy groups -OCH3 is 1. The van der Waals surface area contributed by atoms with Gasteiger partial charge in [-0.2, -0.15) is 0 Å². The Hall–Kier alpha value is -3.09. The zero-order valence-electron chi connectivity index (χ0n) is 17.6. The van der Waals surface area contributed by atoms with Gasteiger partial charge >= 0.3 is 0 Å². The molecule has 0 saturated carbocycles. The van der Waals surface area contributed by atoms with Crippen molar-refractivity contribution >= 4 is 26.9 Å². The second-order valence-corrected chi connectivity index (χ2v) is 8.71. The molecule has 3 aromatic carbocycles. The summed E-state index contributed by atoms with van der Waals surface area (Å²) >= 11 is 3.43. The lowest BCUT2D eigenvalue weighted by Crippen LogP contribution is -2.33. The van der Waals surface area contributed by atoms with Crippen LogP contribution in [0, 0.1) is 0 Å². The summed E-state index contributed by atoms with van der Waals surface area (Å²) in [6, 6.07) is 19.4. The fraction of sp³-hybridized carbons (Fsp3) is 0.192. The lowest BCUT2D eigenvalue weighted by Gasteiger charge is -2.29. The first kappa shape index (κ1) is 20.8. The van der Waals surface area contributed by atoms with Crippen molar-refractivity contribution in [2.45, 2.75) is 13.0 Å². The van der Waals surface area contributed by atoms with Gasteiger partial charge in [0.1, 0.15) is 30.1 Å². The monoisotopic (exact) mass is 491 g/mol. The van der Waals surface area contributed by atoms with Crippen LogP contribution in [-0.2, 0) is 13.0 Å². The van der Waals surface area contributed by atoms with Gasteiger partial charge in [0.05, 0.1) is 23.6 Å². The van der Waals surface area contributed by atoms with Gasteiger partial charge in [-0.05, 0) is 47.9 Å². The van der Waals surface area contributed by atoms with Gasteiger partial charge in [0.25, 0.3) is 0 Å². The quantitative estimate of drug-likeness (QED) is 0.362. The highest BCUT2D eigenvalue weighted by atomic mass is 79.9. The van der Waals surface area contributed by atoms with E-state index in [0.29, 0.717) is 29.8 Å². The molecule has 5 rings (SSSR count). The highest BCUT2D eigenvalue weighted by Gasteiger charge is 2.23. The van der Waals surface area contributed by atoms with Gasteiger partial charge in [0, 0.05) is 17.6 Å². The van der Waals surface area contributed by atoms with E-state index in [1.807, 2.05) is 48.5 Å². The van der Waals surface area contributed by atoms with Crippen molar-refractivity contribution in [1.82, 2.24) is 4.90 Å². The zero-order chi connectivity index (χ0) is 22.1. The number of halogens is 1. The standard InChI is InChI=1S/C26H22BrNO4/c1-30-23-5-3-2-4-18(23)12-13-28-14-21-24(32-16-28)11-10-20-25(29)22(15-31-26(20)21)17-6-8-19(27)9-7-17/h2-11,15H,12-14,16H2,1H3. The lowest BCUT2D eigenvalue weighted by atomic mass is 10.0. The van der Waals surface area contributed by atoms with E-state index in [9.17, 15) is 4.79 Å². The average molecular weight is 492 g/mol. The van der Waals surface area contributed by atoms with Crippen LogP contribution in [0.25, 0.3) is 22.1 Å². The highest BCUT2D eigenvalue weighted by molar-refractivity contribution is 9.10. The van der Waals surface area contributed by atoms with E-state index in [4.69, 9.17) is 13.9 Å². The first-order chi connectivity index (χ1) is 15.6. The van der Waals surface area contributed by atoms with Crippen LogP contribution in [0.2, 0.25) is 0 Å². The molecular formula is C26H22BrNO4. The Bertz CT molecular complexity index is 1330. The van der Waals surface area contributed by atoms with E-state index < -0.39 is 0 Å². The molecule has 0 fully saturated rings. The second-order valence-electron chi connectivity index (χ2n) is 7.79. The predicted molar refractivity (Wildman–Crippen MR) is 128 cm³/mol. The van der Waals surface area contributed by atoms with E-state index in [1.165, 1.54) is 0 Å². The number of nitrogens with zero attached hydrogens (tertiary/aromatic N) is 1. The smallest absolute Gasteiger partial charge is 0.200 e. The van der Waals surface area contributed by atoms with Crippen LogP contribution in [-0.4, -0.2) is 25.3 Å². The molecular weight excluding hydrogens is 470 g/mol. The molecule has 2 heterocycles. The van der Waals surface area contributed by atoms with Crippen molar-refractivity contribution in [3.63, 3.8) is 0 Å². The van der Waals surface area contributed by atoms with E-state index in [2.05, 4.69) is 26.9 Å². The zero-order valence-corrected chi connectivity index (χ0v) is 19.2. The Morgan fingerprint density at radius 3 is 2.69 bits per heavy atom. The normalized spacial score (nSPS) is 13.6. The van der Waals surface area contributed by atoms with Crippen LogP contribution in [0.4, 0.5) is 0 Å². The van der Waals surface area contributed by atoms with Crippen LogP contribution < -0.4 is 14.9 Å². The molecule has 0 atom stereocenters. The number of rotatable bonds is 5. The lowest BCUT2D eigenvalue weighted by molar-refractivity contribution is 0.0966. The summed E-state index contributed by atoms with van der Waals surface area (Å²) in [5, 5.41) is 0.569. The van der Waals surface area contributed by atoms with E-state index in [-0.39, 0.29) is 5.43 Å². The number of fused-ring (bicyclic) bond motifs is 3. The van der Waals surface area contributed by atoms with Crippen molar-refractivity contribution in [2.24, 2.45) is 0 Å². The second kappa shape index (κ2) is 8.81. The van der Waals surface area contributed by atoms with E-state index >= 15 is 0 Å². The van der Waals surface area contributed by atoms with Crippen LogP contribution in [0.3, 0.4) is 0 Å². The number of para-hydroxylation sites is 1. The van der Waals surface area contributed by atoms with Crippen molar-refractivity contribution in [3.05, 3.63) is 92.7 Å². The number of benzene rings is 3. The molecule has 1 aliphatic heterocycles. The molecule has 0 spiro atoms. The molecule has 0 unspecified atom stereocenters. The third kappa shape index (κ3) is 3.92. The summed E-state index contributed by atoms with van der Waals surface area (Å²) in [6.07, 6.45) is 2.40. The molecule has 6 heteroatoms. The maximum absolute atomic E-state index is 13.2. The Labute approximate surface area is 194 Å². The molecule has 0 bridgehead atoms. The molecule has 32 heavy (non-hydrogen) atoms. The van der Waals surface area contributed by atoms with Gasteiger partial charge in [-0.3, -0.25) is 9.69 Å². The Kier molecular flexibility index (Phi) is 5.72. The molecule has 0 aliphatic carbocycles. The minimum Gasteiger partial charge on any atom is -0.496 e. The van der Waals surface area contributed by atoms with Crippen molar-refractivity contribution < 1.29 is 13.9 Å². The van der Waals surface area contributed by atoms with Gasteiger partial charge in [-0.1, -0.05) is 46.3 Å². The summed E-state index contributed by atoms with van der Waals surface area (Å²) in [7, 11) is 1.69. The van der Waals surface area contributed by atoms with Gasteiger partial charge in [-0.15, -0.1) is 0 Å². The number of hydrogen-bond acceptors (Lipinski definition) is 5. The van der Waals surface area contributed by atoms with Crippen LogP contribution in [0.5, 0.6) is 11.5 Å². The van der Waals surface area contributed by atoms with Crippen LogP contribution in [0.1, 0.15) is 11.1 Å². The minimum absolute atomic E-state index is 0.0393. The summed E-state index contributed by atoms with van der Waals surface area (Å²) in [5.41, 5.74) is 4.00. The molecule has 1 aliphatic rings. The van der Waals surface area contributed by atoms with Gasteiger partial charge in [0.15, 0.2) is 0 Å². The molecule has 162 valence electrons. The summed E-state index contributed by atoms with van der Waals surface area (Å²) in [6.45, 7) is 1.95. The van der Waals surface area contributed by atoms with E-state index in [1.54, 1.807) is 19.4 Å². The van der Waals surface area contributed by atoms with Gasteiger partial charge in [-0.25, -0.2) is 0 Å². The maximum Gasteiger partial charge on any atom is 0.200 e. The SMILES string of the molecule is COc1ccccc1CCN1COc2ccc3c(=O)c(-c4ccc(Br)cc4)coc3c2C1. The van der Waals surface area contributed by atoms with E-state index in [0.717, 1.165) is 45.6 Å². The van der Waals surface area contributed by atoms with Crippen molar-refractivity contribution in [2.75, 3.05) is 20.4 Å². The Morgan fingerprint density at radius 2 is 1.88 bits per heavy atom. The average Bonchev–Trinajstić information content (AvgIpc) is 2.83. The van der Waals surface area contributed by atoms with Gasteiger partial charge < -0.3 is 13.9 Å². The third-order valence-corrected chi connectivity index (χ3v) is 6.36. The Morgan fingerprint density at radius 1 is 1.06 bits per heavy atom. The largest absolute Gasteiger partial charge is 0.496 e. The molecule has 0 radical (unpaired) electrons. The Balaban J connectivity index is 1.43. The summed E-state index contributed by atoms with van der Waals surface area (Å²) in [5.74, 6) is 1.66. The van der Waals surface area contributed by atoms with Crippen molar-refractivity contribution in [1.29, 1.82) is 0 Å². The fourth-order valence-corrected chi connectivity index (χ4v) is 4.38. The highest BCUT2D eigenvalue weighted by Crippen LogP contribution is 2.33. The summed E-state index contributed by atoms with van der Waals surface area (Å²) in [4.78, 5) is 15.4. The third-order valence-electron chi connectivity index (χ3n) is 5.83. The minimum atomic E-state index is -0.0393. The van der Waals surface area contributed by atoms with Crippen LogP contribution in [0.15, 0.2) is 80.6 Å². The molecule has 0 N–H and O–H groups in total. The molecule has 0 amide bonds. The topological polar surface area (TPSA) is 51.9 Å². The predicted octanol–water partition coefficient (Wildman–Crippen LogP) is 5.63.